The molecule has 0 saturated heterocycles. The molecule has 0 atom stereocenters. The Bertz CT molecular complexity index is 263. The molecule has 1 heterocycles. The van der Waals surface area contributed by atoms with Crippen LogP contribution in [0.1, 0.15) is 19.3 Å². The number of rotatable bonds is 4. The fraction of sp³-hybridized carbons (Fsp3) is 0.600. The molecule has 0 bridgehead atoms. The highest BCUT2D eigenvalue weighted by Gasteiger charge is 2.12. The van der Waals surface area contributed by atoms with Crippen LogP contribution >= 0.6 is 0 Å². The number of carboxylic acid groups (broad SMARTS) is 1. The van der Waals surface area contributed by atoms with Crippen LogP contribution in [0.15, 0.2) is 12.2 Å². The maximum absolute atomic E-state index is 11.5. The molecule has 0 saturated carbocycles. The average molecular weight is 212 g/mol. The molecule has 1 aliphatic rings. The first-order chi connectivity index (χ1) is 7.20. The summed E-state index contributed by atoms with van der Waals surface area (Å²) in [6.07, 6.45) is 5.47. The topological polar surface area (TPSA) is 69.6 Å². The largest absolute Gasteiger partial charge is 0.481 e. The summed E-state index contributed by atoms with van der Waals surface area (Å²) in [4.78, 5) is 23.4. The van der Waals surface area contributed by atoms with Crippen LogP contribution in [-0.4, -0.2) is 41.6 Å². The van der Waals surface area contributed by atoms with Crippen molar-refractivity contribution in [2.24, 2.45) is 0 Å². The average Bonchev–Trinajstić information content (AvgIpc) is 2.25. The Morgan fingerprint density at radius 3 is 2.80 bits per heavy atom. The fourth-order valence-electron chi connectivity index (χ4n) is 1.37. The monoisotopic (exact) mass is 212 g/mol. The van der Waals surface area contributed by atoms with Crippen LogP contribution in [0.5, 0.6) is 0 Å². The Labute approximate surface area is 88.8 Å². The molecule has 0 aromatic rings. The maximum atomic E-state index is 11.5. The van der Waals surface area contributed by atoms with Crippen LogP contribution in [0.4, 0.5) is 4.79 Å². The first kappa shape index (κ1) is 11.6. The Kier molecular flexibility index (Phi) is 4.66. The van der Waals surface area contributed by atoms with Gasteiger partial charge in [-0.2, -0.15) is 0 Å². The first-order valence-corrected chi connectivity index (χ1v) is 5.09. The van der Waals surface area contributed by atoms with E-state index >= 15 is 0 Å². The summed E-state index contributed by atoms with van der Waals surface area (Å²) in [7, 11) is 0. The van der Waals surface area contributed by atoms with Crippen molar-refractivity contribution in [3.63, 3.8) is 0 Å². The van der Waals surface area contributed by atoms with Crippen LogP contribution in [0, 0.1) is 0 Å². The minimum Gasteiger partial charge on any atom is -0.481 e. The molecule has 0 aromatic carbocycles. The smallest absolute Gasteiger partial charge is 0.317 e. The van der Waals surface area contributed by atoms with Crippen molar-refractivity contribution in [1.82, 2.24) is 10.2 Å². The van der Waals surface area contributed by atoms with E-state index in [9.17, 15) is 9.59 Å². The summed E-state index contributed by atoms with van der Waals surface area (Å²) in [5, 5.41) is 11.1. The summed E-state index contributed by atoms with van der Waals surface area (Å²) >= 11 is 0. The standard InChI is InChI=1S/C10H16N2O3/c13-9(14)5-4-6-11-10(15)12-7-2-1-3-8-12/h1-2H,3-8H2,(H,11,15)(H,13,14). The van der Waals surface area contributed by atoms with Crippen LogP contribution in [0.25, 0.3) is 0 Å². The van der Waals surface area contributed by atoms with E-state index in [2.05, 4.69) is 5.32 Å². The molecule has 2 N–H and O–H groups in total. The van der Waals surface area contributed by atoms with Crippen molar-refractivity contribution in [3.05, 3.63) is 12.2 Å². The molecule has 5 heteroatoms. The van der Waals surface area contributed by atoms with Crippen molar-refractivity contribution < 1.29 is 14.7 Å². The van der Waals surface area contributed by atoms with E-state index in [0.717, 1.165) is 13.0 Å². The van der Waals surface area contributed by atoms with Gasteiger partial charge in [0, 0.05) is 26.1 Å². The van der Waals surface area contributed by atoms with E-state index in [-0.39, 0.29) is 12.5 Å². The normalized spacial score (nSPS) is 15.1. The zero-order valence-corrected chi connectivity index (χ0v) is 8.61. The van der Waals surface area contributed by atoms with Gasteiger partial charge in [0.2, 0.25) is 0 Å². The Balaban J connectivity index is 2.12. The molecule has 5 nitrogen and oxygen atoms in total. The number of amides is 2. The van der Waals surface area contributed by atoms with Gasteiger partial charge in [-0.25, -0.2) is 4.79 Å². The number of carbonyl (C=O) groups is 2. The van der Waals surface area contributed by atoms with Crippen molar-refractivity contribution >= 4 is 12.0 Å². The number of carbonyl (C=O) groups excluding carboxylic acids is 1. The van der Waals surface area contributed by atoms with Crippen molar-refractivity contribution in [2.45, 2.75) is 19.3 Å². The molecule has 0 aliphatic carbocycles. The highest BCUT2D eigenvalue weighted by atomic mass is 16.4. The second-order valence-corrected chi connectivity index (χ2v) is 3.44. The molecule has 0 aromatic heterocycles. The highest BCUT2D eigenvalue weighted by molar-refractivity contribution is 5.74. The highest BCUT2D eigenvalue weighted by Crippen LogP contribution is 2.00. The van der Waals surface area contributed by atoms with E-state index in [1.807, 2.05) is 12.2 Å². The molecule has 1 rings (SSSR count). The Morgan fingerprint density at radius 1 is 1.40 bits per heavy atom. The van der Waals surface area contributed by atoms with Gasteiger partial charge in [-0.15, -0.1) is 0 Å². The number of carboxylic acids is 1. The molecule has 0 fully saturated rings. The van der Waals surface area contributed by atoms with E-state index in [0.29, 0.717) is 19.5 Å². The van der Waals surface area contributed by atoms with Gasteiger partial charge in [0.15, 0.2) is 0 Å². The predicted octanol–water partition coefficient (Wildman–Crippen LogP) is 0.823. The van der Waals surface area contributed by atoms with E-state index in [1.165, 1.54) is 0 Å². The Morgan fingerprint density at radius 2 is 2.20 bits per heavy atom. The third-order valence-corrected chi connectivity index (χ3v) is 2.19. The third kappa shape index (κ3) is 4.49. The van der Waals surface area contributed by atoms with Crippen LogP contribution in [0.3, 0.4) is 0 Å². The van der Waals surface area contributed by atoms with Gasteiger partial charge in [-0.1, -0.05) is 12.2 Å². The van der Waals surface area contributed by atoms with Gasteiger partial charge < -0.3 is 15.3 Å². The minimum atomic E-state index is -0.829. The molecular formula is C10H16N2O3. The molecule has 0 spiro atoms. The molecule has 84 valence electrons. The van der Waals surface area contributed by atoms with Crippen molar-refractivity contribution in [3.8, 4) is 0 Å². The van der Waals surface area contributed by atoms with Gasteiger partial charge >= 0.3 is 12.0 Å². The zero-order chi connectivity index (χ0) is 11.1. The molecular weight excluding hydrogens is 196 g/mol. The van der Waals surface area contributed by atoms with Crippen LogP contribution < -0.4 is 5.32 Å². The number of nitrogens with one attached hydrogen (secondary N) is 1. The van der Waals surface area contributed by atoms with E-state index < -0.39 is 5.97 Å². The number of nitrogens with zero attached hydrogens (tertiary/aromatic N) is 1. The molecule has 15 heavy (non-hydrogen) atoms. The minimum absolute atomic E-state index is 0.0974. The lowest BCUT2D eigenvalue weighted by Gasteiger charge is -2.23. The van der Waals surface area contributed by atoms with Gasteiger partial charge in [0.1, 0.15) is 0 Å². The van der Waals surface area contributed by atoms with Gasteiger partial charge in [0.25, 0.3) is 0 Å². The van der Waals surface area contributed by atoms with Crippen molar-refractivity contribution in [1.29, 1.82) is 0 Å². The number of urea groups is 1. The molecule has 0 radical (unpaired) electrons. The van der Waals surface area contributed by atoms with E-state index in [4.69, 9.17) is 5.11 Å². The van der Waals surface area contributed by atoms with Gasteiger partial charge in [-0.3, -0.25) is 4.79 Å². The summed E-state index contributed by atoms with van der Waals surface area (Å²) < 4.78 is 0. The SMILES string of the molecule is O=C(O)CCCNC(=O)N1CC=CCC1. The quantitative estimate of drug-likeness (QED) is 0.535. The van der Waals surface area contributed by atoms with E-state index in [1.54, 1.807) is 4.90 Å². The number of hydrogen-bond donors (Lipinski definition) is 2. The summed E-state index contributed by atoms with van der Waals surface area (Å²) in [5.41, 5.74) is 0. The lowest BCUT2D eigenvalue weighted by Crippen LogP contribution is -2.42. The first-order valence-electron chi connectivity index (χ1n) is 5.09. The second kappa shape index (κ2) is 6.06. The Hall–Kier alpha value is -1.52. The van der Waals surface area contributed by atoms with Crippen molar-refractivity contribution in [2.75, 3.05) is 19.6 Å². The number of aliphatic carboxylic acids is 1. The lowest BCUT2D eigenvalue weighted by molar-refractivity contribution is -0.137. The molecule has 2 amide bonds. The van der Waals surface area contributed by atoms with Gasteiger partial charge in [-0.05, 0) is 12.8 Å². The summed E-state index contributed by atoms with van der Waals surface area (Å²) in [6, 6.07) is -0.107. The zero-order valence-electron chi connectivity index (χ0n) is 8.61. The molecule has 1 aliphatic heterocycles. The fourth-order valence-corrected chi connectivity index (χ4v) is 1.37. The second-order valence-electron chi connectivity index (χ2n) is 3.44. The molecule has 0 unspecified atom stereocenters. The summed E-state index contributed by atoms with van der Waals surface area (Å²) in [5.74, 6) is -0.829. The van der Waals surface area contributed by atoms with Crippen LogP contribution in [0.2, 0.25) is 0 Å². The predicted molar refractivity (Wildman–Crippen MR) is 55.6 cm³/mol. The third-order valence-electron chi connectivity index (χ3n) is 2.19. The maximum Gasteiger partial charge on any atom is 0.317 e. The van der Waals surface area contributed by atoms with Gasteiger partial charge in [0.05, 0.1) is 0 Å². The van der Waals surface area contributed by atoms with Crippen LogP contribution in [-0.2, 0) is 4.79 Å². The summed E-state index contributed by atoms with van der Waals surface area (Å²) in [6.45, 7) is 1.80. The number of hydrogen-bond acceptors (Lipinski definition) is 2. The lowest BCUT2D eigenvalue weighted by atomic mass is 10.2.